The molecule has 2 N–H and O–H groups in total. The highest BCUT2D eigenvalue weighted by atomic mass is 16.7. The van der Waals surface area contributed by atoms with E-state index in [1.54, 1.807) is 0 Å². The van der Waals surface area contributed by atoms with Gasteiger partial charge in [-0.15, -0.1) is 0 Å². The summed E-state index contributed by atoms with van der Waals surface area (Å²) in [5.41, 5.74) is 6.43. The Morgan fingerprint density at radius 2 is 1.15 bits per heavy atom. The van der Waals surface area contributed by atoms with Crippen LogP contribution in [-0.4, -0.2) is 6.03 Å². The first-order valence-corrected chi connectivity index (χ1v) is 6.22. The summed E-state index contributed by atoms with van der Waals surface area (Å²) >= 11 is 0. The van der Waals surface area contributed by atoms with Crippen LogP contribution in [0.2, 0.25) is 0 Å². The lowest BCUT2D eigenvalue weighted by molar-refractivity contribution is 0.00674. The number of carbonyl (C=O) groups is 1. The number of amides is 2. The number of hydroxylamine groups is 2. The zero-order valence-corrected chi connectivity index (χ0v) is 10.9. The highest BCUT2D eigenvalue weighted by molar-refractivity contribution is 5.71. The average Bonchev–Trinajstić information content (AvgIpc) is 2.49. The van der Waals surface area contributed by atoms with Crippen molar-refractivity contribution in [2.45, 2.75) is 13.2 Å². The van der Waals surface area contributed by atoms with E-state index in [1.165, 1.54) is 0 Å². The van der Waals surface area contributed by atoms with E-state index >= 15 is 0 Å². The quantitative estimate of drug-likeness (QED) is 0.794. The van der Waals surface area contributed by atoms with Crippen LogP contribution in [0.1, 0.15) is 11.1 Å². The summed E-state index contributed by atoms with van der Waals surface area (Å²) in [5, 5.41) is 0. The van der Waals surface area contributed by atoms with Crippen LogP contribution in [0.25, 0.3) is 0 Å². The Labute approximate surface area is 117 Å². The summed E-state index contributed by atoms with van der Waals surface area (Å²) < 4.78 is 0. The molecule has 0 fully saturated rings. The van der Waals surface area contributed by atoms with E-state index in [9.17, 15) is 4.79 Å². The van der Waals surface area contributed by atoms with Crippen LogP contribution in [0.5, 0.6) is 0 Å². The van der Waals surface area contributed by atoms with E-state index in [4.69, 9.17) is 9.68 Å². The lowest BCUT2D eigenvalue weighted by Crippen LogP contribution is -2.35. The van der Waals surface area contributed by atoms with Gasteiger partial charge in [0.15, 0.2) is 0 Å². The van der Waals surface area contributed by atoms with Crippen molar-refractivity contribution in [1.29, 1.82) is 0 Å². The molecule has 5 heteroatoms. The Kier molecular flexibility index (Phi) is 5.57. The van der Waals surface area contributed by atoms with Gasteiger partial charge in [-0.3, -0.25) is 9.68 Å². The molecule has 2 amide bonds. The number of benzene rings is 2. The second-order valence-corrected chi connectivity index (χ2v) is 4.08. The molecule has 2 aromatic carbocycles. The van der Waals surface area contributed by atoms with Crippen LogP contribution < -0.4 is 11.0 Å². The predicted octanol–water partition coefficient (Wildman–Crippen LogP) is 2.55. The van der Waals surface area contributed by atoms with Gasteiger partial charge in [0.1, 0.15) is 0 Å². The van der Waals surface area contributed by atoms with Crippen LogP contribution in [0.4, 0.5) is 4.79 Å². The van der Waals surface area contributed by atoms with Crippen molar-refractivity contribution in [1.82, 2.24) is 11.0 Å². The average molecular weight is 272 g/mol. The maximum absolute atomic E-state index is 11.4. The monoisotopic (exact) mass is 272 g/mol. The molecule has 0 bridgehead atoms. The molecule has 104 valence electrons. The largest absolute Gasteiger partial charge is 0.362 e. The first kappa shape index (κ1) is 14.0. The number of nitrogens with one attached hydrogen (secondary N) is 2. The summed E-state index contributed by atoms with van der Waals surface area (Å²) in [6, 6.07) is 18.5. The first-order valence-electron chi connectivity index (χ1n) is 6.22. The molecule has 0 heterocycles. The molecule has 0 aliphatic heterocycles. The molecule has 0 aromatic heterocycles. The van der Waals surface area contributed by atoms with E-state index in [2.05, 4.69) is 11.0 Å². The first-order chi connectivity index (χ1) is 9.84. The molecule has 2 aromatic rings. The lowest BCUT2D eigenvalue weighted by Gasteiger charge is -2.08. The second kappa shape index (κ2) is 7.93. The minimum atomic E-state index is -0.545. The van der Waals surface area contributed by atoms with Crippen molar-refractivity contribution in [2.24, 2.45) is 0 Å². The molecule has 0 saturated heterocycles. The zero-order valence-electron chi connectivity index (χ0n) is 10.9. The van der Waals surface area contributed by atoms with Gasteiger partial charge in [-0.25, -0.2) is 15.8 Å². The van der Waals surface area contributed by atoms with Crippen molar-refractivity contribution in [2.75, 3.05) is 0 Å². The topological polar surface area (TPSA) is 59.6 Å². The fourth-order valence-corrected chi connectivity index (χ4v) is 1.54. The molecule has 0 atom stereocenters. The minimum Gasteiger partial charge on any atom is -0.267 e. The van der Waals surface area contributed by atoms with E-state index in [-0.39, 0.29) is 0 Å². The third kappa shape index (κ3) is 5.09. The normalized spacial score (nSPS) is 10.0. The summed E-state index contributed by atoms with van der Waals surface area (Å²) in [6.45, 7) is 0.597. The van der Waals surface area contributed by atoms with Crippen molar-refractivity contribution < 1.29 is 14.5 Å². The van der Waals surface area contributed by atoms with Gasteiger partial charge in [0.05, 0.1) is 13.2 Å². The molecule has 20 heavy (non-hydrogen) atoms. The van der Waals surface area contributed by atoms with Crippen LogP contribution in [-0.2, 0) is 22.9 Å². The number of hydrogen-bond donors (Lipinski definition) is 2. The number of carbonyl (C=O) groups excluding carboxylic acids is 1. The third-order valence-corrected chi connectivity index (χ3v) is 2.49. The molecule has 0 unspecified atom stereocenters. The van der Waals surface area contributed by atoms with Gasteiger partial charge in [0, 0.05) is 0 Å². The fourth-order valence-electron chi connectivity index (χ4n) is 1.54. The number of rotatable bonds is 6. The Morgan fingerprint density at radius 1 is 0.750 bits per heavy atom. The van der Waals surface area contributed by atoms with Crippen LogP contribution in [0.15, 0.2) is 60.7 Å². The van der Waals surface area contributed by atoms with E-state index in [0.29, 0.717) is 13.2 Å². The fraction of sp³-hybridized carbons (Fsp3) is 0.133. The van der Waals surface area contributed by atoms with Gasteiger partial charge in [-0.1, -0.05) is 60.7 Å². The van der Waals surface area contributed by atoms with E-state index in [1.807, 2.05) is 60.7 Å². The molecule has 5 nitrogen and oxygen atoms in total. The lowest BCUT2D eigenvalue weighted by atomic mass is 10.2. The maximum Gasteiger partial charge on any atom is 0.362 e. The number of urea groups is 1. The van der Waals surface area contributed by atoms with Gasteiger partial charge in [-0.2, -0.15) is 0 Å². The van der Waals surface area contributed by atoms with E-state index < -0.39 is 6.03 Å². The van der Waals surface area contributed by atoms with Gasteiger partial charge < -0.3 is 0 Å². The summed E-state index contributed by atoms with van der Waals surface area (Å²) in [5.74, 6) is 0. The maximum atomic E-state index is 11.4. The van der Waals surface area contributed by atoms with Crippen molar-refractivity contribution >= 4 is 6.03 Å². The van der Waals surface area contributed by atoms with Crippen molar-refractivity contribution in [3.63, 3.8) is 0 Å². The van der Waals surface area contributed by atoms with Crippen molar-refractivity contribution in [3.8, 4) is 0 Å². The Bertz CT molecular complexity index is 470. The highest BCUT2D eigenvalue weighted by Gasteiger charge is 2.00. The smallest absolute Gasteiger partial charge is 0.267 e. The van der Waals surface area contributed by atoms with Gasteiger partial charge in [0.25, 0.3) is 0 Å². The van der Waals surface area contributed by atoms with Gasteiger partial charge >= 0.3 is 6.03 Å². The molecular weight excluding hydrogens is 256 g/mol. The predicted molar refractivity (Wildman–Crippen MR) is 74.1 cm³/mol. The van der Waals surface area contributed by atoms with Crippen molar-refractivity contribution in [3.05, 3.63) is 71.8 Å². The Hall–Kier alpha value is -2.37. The molecule has 0 spiro atoms. The summed E-state index contributed by atoms with van der Waals surface area (Å²) in [4.78, 5) is 21.4. The highest BCUT2D eigenvalue weighted by Crippen LogP contribution is 2.00. The number of hydrogen-bond acceptors (Lipinski definition) is 3. The molecule has 0 aliphatic rings. The standard InChI is InChI=1S/C15H16N2O3/c18-15(16-19-11-13-7-3-1-4-8-13)17-20-12-14-9-5-2-6-10-14/h1-10H,11-12H2,(H2,16,17,18). The van der Waals surface area contributed by atoms with Crippen LogP contribution in [0.3, 0.4) is 0 Å². The zero-order chi connectivity index (χ0) is 14.0. The summed E-state index contributed by atoms with van der Waals surface area (Å²) in [7, 11) is 0. The van der Waals surface area contributed by atoms with Gasteiger partial charge in [-0.05, 0) is 11.1 Å². The summed E-state index contributed by atoms with van der Waals surface area (Å²) in [6.07, 6.45) is 0. The molecular formula is C15H16N2O3. The van der Waals surface area contributed by atoms with Gasteiger partial charge in [0.2, 0.25) is 0 Å². The van der Waals surface area contributed by atoms with Crippen LogP contribution in [0, 0.1) is 0 Å². The molecule has 0 radical (unpaired) electrons. The third-order valence-electron chi connectivity index (χ3n) is 2.49. The van der Waals surface area contributed by atoms with E-state index in [0.717, 1.165) is 11.1 Å². The Balaban J connectivity index is 1.59. The SMILES string of the molecule is O=C(NOCc1ccccc1)NOCc1ccccc1. The minimum absolute atomic E-state index is 0.299. The molecule has 0 aliphatic carbocycles. The second-order valence-electron chi connectivity index (χ2n) is 4.08. The molecule has 2 rings (SSSR count). The van der Waals surface area contributed by atoms with Crippen LogP contribution >= 0.6 is 0 Å². The Morgan fingerprint density at radius 3 is 1.55 bits per heavy atom. The molecule has 0 saturated carbocycles.